The first-order valence-corrected chi connectivity index (χ1v) is 8.04. The van der Waals surface area contributed by atoms with Crippen molar-refractivity contribution in [2.75, 3.05) is 26.8 Å². The smallest absolute Gasteiger partial charge is 0.253 e. The van der Waals surface area contributed by atoms with E-state index >= 15 is 0 Å². The quantitative estimate of drug-likeness (QED) is 0.706. The number of carbonyl (C=O) groups is 2. The molecule has 0 unspecified atom stereocenters. The van der Waals surface area contributed by atoms with Gasteiger partial charge >= 0.3 is 0 Å². The highest BCUT2D eigenvalue weighted by atomic mass is 35.5. The molecule has 0 fully saturated rings. The minimum Gasteiger partial charge on any atom is -0.497 e. The number of hydrogen-bond donors (Lipinski definition) is 2. The first-order valence-electron chi connectivity index (χ1n) is 7.66. The Bertz CT molecular complexity index is 719. The summed E-state index contributed by atoms with van der Waals surface area (Å²) < 4.78 is 10.5. The molecule has 2 aromatic carbocycles. The molecule has 0 saturated heterocycles. The Labute approximate surface area is 151 Å². The van der Waals surface area contributed by atoms with Crippen LogP contribution in [0.2, 0.25) is 5.02 Å². The van der Waals surface area contributed by atoms with Crippen LogP contribution in [0, 0.1) is 0 Å². The van der Waals surface area contributed by atoms with Crippen LogP contribution in [0.5, 0.6) is 11.5 Å². The Hall–Kier alpha value is -2.73. The first kappa shape index (κ1) is 18.6. The van der Waals surface area contributed by atoms with Gasteiger partial charge in [0.1, 0.15) is 18.1 Å². The molecule has 0 saturated carbocycles. The second-order valence-corrected chi connectivity index (χ2v) is 5.44. The molecule has 7 heteroatoms. The third kappa shape index (κ3) is 6.00. The zero-order valence-electron chi connectivity index (χ0n) is 13.8. The number of hydrogen-bond acceptors (Lipinski definition) is 4. The van der Waals surface area contributed by atoms with Gasteiger partial charge in [-0.25, -0.2) is 0 Å². The Balaban J connectivity index is 1.65. The van der Waals surface area contributed by atoms with Crippen molar-refractivity contribution in [3.05, 3.63) is 59.1 Å². The van der Waals surface area contributed by atoms with Gasteiger partial charge in [0.2, 0.25) is 5.91 Å². The van der Waals surface area contributed by atoms with Crippen molar-refractivity contribution >= 4 is 23.4 Å². The number of carbonyl (C=O) groups excluding carboxylic acids is 2. The Morgan fingerprint density at radius 2 is 1.68 bits per heavy atom. The molecule has 2 aromatic rings. The van der Waals surface area contributed by atoms with Gasteiger partial charge in [-0.3, -0.25) is 9.59 Å². The van der Waals surface area contributed by atoms with Gasteiger partial charge in [-0.05, 0) is 36.4 Å². The lowest BCUT2D eigenvalue weighted by Gasteiger charge is -2.09. The Kier molecular flexibility index (Phi) is 7.10. The zero-order chi connectivity index (χ0) is 18.1. The van der Waals surface area contributed by atoms with E-state index in [-0.39, 0.29) is 12.5 Å². The van der Waals surface area contributed by atoms with Crippen molar-refractivity contribution in [2.45, 2.75) is 0 Å². The molecule has 0 spiro atoms. The van der Waals surface area contributed by atoms with E-state index in [0.29, 0.717) is 29.5 Å². The highest BCUT2D eigenvalue weighted by Crippen LogP contribution is 2.16. The van der Waals surface area contributed by atoms with Crippen LogP contribution in [0.1, 0.15) is 10.4 Å². The summed E-state index contributed by atoms with van der Waals surface area (Å²) >= 11 is 5.93. The number of rotatable bonds is 8. The van der Waals surface area contributed by atoms with Gasteiger partial charge in [0.25, 0.3) is 5.91 Å². The Morgan fingerprint density at radius 1 is 1.00 bits per heavy atom. The molecule has 0 heterocycles. The minimum atomic E-state index is -0.393. The topological polar surface area (TPSA) is 76.7 Å². The van der Waals surface area contributed by atoms with Crippen molar-refractivity contribution in [1.82, 2.24) is 10.6 Å². The van der Waals surface area contributed by atoms with Crippen LogP contribution in [0.25, 0.3) is 0 Å². The second kappa shape index (κ2) is 9.54. The predicted octanol–water partition coefficient (Wildman–Crippen LogP) is 2.27. The van der Waals surface area contributed by atoms with Gasteiger partial charge in [-0.1, -0.05) is 23.7 Å². The van der Waals surface area contributed by atoms with E-state index in [4.69, 9.17) is 21.1 Å². The summed E-state index contributed by atoms with van der Waals surface area (Å²) in [5.74, 6) is 0.728. The lowest BCUT2D eigenvalue weighted by Crippen LogP contribution is -2.38. The highest BCUT2D eigenvalue weighted by molar-refractivity contribution is 6.33. The summed E-state index contributed by atoms with van der Waals surface area (Å²) in [5.41, 5.74) is 0.333. The summed E-state index contributed by atoms with van der Waals surface area (Å²) in [6.07, 6.45) is 0. The van der Waals surface area contributed by atoms with Gasteiger partial charge < -0.3 is 20.1 Å². The average molecular weight is 363 g/mol. The number of amides is 2. The number of nitrogens with one attached hydrogen (secondary N) is 2. The fourth-order valence-corrected chi connectivity index (χ4v) is 2.22. The molecule has 0 radical (unpaired) electrons. The summed E-state index contributed by atoms with van der Waals surface area (Å²) in [5, 5.41) is 5.52. The van der Waals surface area contributed by atoms with Crippen LogP contribution in [-0.2, 0) is 4.79 Å². The van der Waals surface area contributed by atoms with Gasteiger partial charge in [0.05, 0.1) is 30.8 Å². The van der Waals surface area contributed by atoms with E-state index in [9.17, 15) is 9.59 Å². The van der Waals surface area contributed by atoms with Crippen molar-refractivity contribution in [2.24, 2.45) is 0 Å². The number of ether oxygens (including phenoxy) is 2. The van der Waals surface area contributed by atoms with Crippen LogP contribution >= 0.6 is 11.6 Å². The molecule has 0 aliphatic rings. The van der Waals surface area contributed by atoms with E-state index in [1.165, 1.54) is 0 Å². The molecule has 6 nitrogen and oxygen atoms in total. The van der Waals surface area contributed by atoms with E-state index in [1.807, 2.05) is 0 Å². The highest BCUT2D eigenvalue weighted by Gasteiger charge is 2.10. The van der Waals surface area contributed by atoms with Crippen molar-refractivity contribution in [3.63, 3.8) is 0 Å². The molecule has 0 aliphatic carbocycles. The summed E-state index contributed by atoms with van der Waals surface area (Å²) in [6.45, 7) is 0.510. The second-order valence-electron chi connectivity index (χ2n) is 5.04. The third-order valence-electron chi connectivity index (χ3n) is 3.28. The van der Waals surface area contributed by atoms with Gasteiger partial charge in [-0.15, -0.1) is 0 Å². The first-order chi connectivity index (χ1) is 12.1. The van der Waals surface area contributed by atoms with Crippen molar-refractivity contribution in [3.8, 4) is 11.5 Å². The maximum atomic E-state index is 11.9. The third-order valence-corrected chi connectivity index (χ3v) is 3.61. The predicted molar refractivity (Wildman–Crippen MR) is 95.3 cm³/mol. The van der Waals surface area contributed by atoms with Crippen LogP contribution in [-0.4, -0.2) is 38.6 Å². The fourth-order valence-electron chi connectivity index (χ4n) is 1.99. The largest absolute Gasteiger partial charge is 0.497 e. The van der Waals surface area contributed by atoms with E-state index < -0.39 is 5.91 Å². The lowest BCUT2D eigenvalue weighted by atomic mass is 10.2. The standard InChI is InChI=1S/C18H19ClN2O4/c1-24-13-6-8-14(9-7-13)25-11-10-20-17(22)12-21-18(23)15-4-2-3-5-16(15)19/h2-9H,10-12H2,1H3,(H,20,22)(H,21,23). The lowest BCUT2D eigenvalue weighted by molar-refractivity contribution is -0.120. The van der Waals surface area contributed by atoms with Gasteiger partial charge in [0, 0.05) is 0 Å². The SMILES string of the molecule is COc1ccc(OCCNC(=O)CNC(=O)c2ccccc2Cl)cc1. The summed E-state index contributed by atoms with van der Waals surface area (Å²) in [6, 6.07) is 13.8. The van der Waals surface area contributed by atoms with Crippen molar-refractivity contribution in [1.29, 1.82) is 0 Å². The molecular weight excluding hydrogens is 344 g/mol. The van der Waals surface area contributed by atoms with E-state index in [1.54, 1.807) is 55.6 Å². The van der Waals surface area contributed by atoms with Crippen LogP contribution in [0.15, 0.2) is 48.5 Å². The fraction of sp³-hybridized carbons (Fsp3) is 0.222. The van der Waals surface area contributed by atoms with Crippen LogP contribution in [0.4, 0.5) is 0 Å². The molecule has 25 heavy (non-hydrogen) atoms. The van der Waals surface area contributed by atoms with Gasteiger partial charge in [-0.2, -0.15) is 0 Å². The molecule has 0 aromatic heterocycles. The van der Waals surface area contributed by atoms with Crippen LogP contribution in [0.3, 0.4) is 0 Å². The Morgan fingerprint density at radius 3 is 2.36 bits per heavy atom. The molecule has 0 bridgehead atoms. The molecule has 0 atom stereocenters. The molecule has 0 aliphatic heterocycles. The molecule has 132 valence electrons. The summed E-state index contributed by atoms with van der Waals surface area (Å²) in [4.78, 5) is 23.7. The zero-order valence-corrected chi connectivity index (χ0v) is 14.5. The normalized spacial score (nSPS) is 10.0. The molecule has 2 rings (SSSR count). The maximum Gasteiger partial charge on any atom is 0.253 e. The van der Waals surface area contributed by atoms with E-state index in [0.717, 1.165) is 5.75 Å². The molecule has 2 amide bonds. The van der Waals surface area contributed by atoms with Gasteiger partial charge in [0.15, 0.2) is 0 Å². The number of benzene rings is 2. The molecule has 2 N–H and O–H groups in total. The van der Waals surface area contributed by atoms with E-state index in [2.05, 4.69) is 10.6 Å². The molecular formula is C18H19ClN2O4. The average Bonchev–Trinajstić information content (AvgIpc) is 2.64. The minimum absolute atomic E-state index is 0.132. The van der Waals surface area contributed by atoms with Crippen molar-refractivity contribution < 1.29 is 19.1 Å². The number of halogens is 1. The van der Waals surface area contributed by atoms with Crippen LogP contribution < -0.4 is 20.1 Å². The maximum absolute atomic E-state index is 11.9. The summed E-state index contributed by atoms with van der Waals surface area (Å²) in [7, 11) is 1.59. The number of methoxy groups -OCH3 is 1. The monoisotopic (exact) mass is 362 g/mol.